The van der Waals surface area contributed by atoms with Gasteiger partial charge in [-0.1, -0.05) is 25.1 Å². The first-order chi connectivity index (χ1) is 9.37. The van der Waals surface area contributed by atoms with Crippen LogP contribution in [0.15, 0.2) is 30.3 Å². The van der Waals surface area contributed by atoms with E-state index in [4.69, 9.17) is 0 Å². The number of benzene rings is 1. The van der Waals surface area contributed by atoms with Gasteiger partial charge in [0, 0.05) is 22.9 Å². The van der Waals surface area contributed by atoms with Crippen molar-refractivity contribution < 1.29 is 18.0 Å². The lowest BCUT2D eigenvalue weighted by atomic mass is 9.86. The molecule has 106 valence electrons. The highest BCUT2D eigenvalue weighted by Crippen LogP contribution is 2.41. The molecule has 0 aliphatic carbocycles. The third kappa shape index (κ3) is 2.11. The summed E-state index contributed by atoms with van der Waals surface area (Å²) in [6.45, 7) is 1.70. The second-order valence-electron chi connectivity index (χ2n) is 5.45. The number of halogens is 3. The van der Waals surface area contributed by atoms with Crippen molar-refractivity contribution in [2.45, 2.75) is 31.9 Å². The van der Waals surface area contributed by atoms with Crippen LogP contribution in [0.25, 0.3) is 10.9 Å². The zero-order valence-electron chi connectivity index (χ0n) is 10.9. The molecule has 2 unspecified atom stereocenters. The van der Waals surface area contributed by atoms with E-state index in [0.29, 0.717) is 11.2 Å². The molecule has 0 fully saturated rings. The van der Waals surface area contributed by atoms with Gasteiger partial charge in [-0.3, -0.25) is 9.36 Å². The number of carbonyl (C=O) groups is 1. The molecule has 0 saturated carbocycles. The Morgan fingerprint density at radius 1 is 1.30 bits per heavy atom. The molecule has 1 aliphatic rings. The van der Waals surface area contributed by atoms with Crippen molar-refractivity contribution in [1.29, 1.82) is 0 Å². The zero-order valence-corrected chi connectivity index (χ0v) is 10.9. The molecule has 1 aromatic carbocycles. The molecule has 0 spiro atoms. The zero-order chi connectivity index (χ0) is 14.5. The van der Waals surface area contributed by atoms with E-state index in [1.165, 1.54) is 4.57 Å². The number of nitrogens with zero attached hydrogens (tertiary/aromatic N) is 1. The normalized spacial score (nSPS) is 23.1. The number of rotatable bonds is 1. The maximum absolute atomic E-state index is 12.7. The van der Waals surface area contributed by atoms with Crippen LogP contribution in [0.1, 0.15) is 36.2 Å². The van der Waals surface area contributed by atoms with E-state index in [-0.39, 0.29) is 18.2 Å². The number of alkyl halides is 3. The van der Waals surface area contributed by atoms with Gasteiger partial charge in [0.1, 0.15) is 0 Å². The molecular weight excluding hydrogens is 267 g/mol. The molecule has 2 heterocycles. The molecule has 0 amide bonds. The van der Waals surface area contributed by atoms with Gasteiger partial charge in [0.15, 0.2) is 0 Å². The van der Waals surface area contributed by atoms with Crippen LogP contribution in [-0.4, -0.2) is 16.7 Å². The topological polar surface area (TPSA) is 22.0 Å². The summed E-state index contributed by atoms with van der Waals surface area (Å²) in [5, 5.41) is 0.817. The minimum atomic E-state index is -4.22. The maximum Gasteiger partial charge on any atom is 0.389 e. The lowest BCUT2D eigenvalue weighted by molar-refractivity contribution is -0.140. The van der Waals surface area contributed by atoms with Crippen molar-refractivity contribution in [3.8, 4) is 0 Å². The molecule has 2 nitrogen and oxygen atoms in total. The standard InChI is InChI=1S/C15H14F3NO/c1-9-6-11(8-15(16,17)18)13-7-10-4-2-3-5-12(10)19(13)14(9)20/h2-5,7,9,11H,6,8H2,1H3. The Hall–Kier alpha value is -1.78. The summed E-state index contributed by atoms with van der Waals surface area (Å²) in [4.78, 5) is 12.3. The minimum absolute atomic E-state index is 0.111. The van der Waals surface area contributed by atoms with Crippen LogP contribution in [0.4, 0.5) is 13.2 Å². The van der Waals surface area contributed by atoms with E-state index in [1.54, 1.807) is 25.1 Å². The highest BCUT2D eigenvalue weighted by Gasteiger charge is 2.39. The summed E-state index contributed by atoms with van der Waals surface area (Å²) in [6.07, 6.45) is -4.83. The van der Waals surface area contributed by atoms with Crippen LogP contribution in [-0.2, 0) is 0 Å². The first-order valence-corrected chi connectivity index (χ1v) is 6.58. The van der Waals surface area contributed by atoms with E-state index < -0.39 is 18.5 Å². The molecule has 1 aromatic heterocycles. The summed E-state index contributed by atoms with van der Waals surface area (Å²) in [6, 6.07) is 8.93. The number of fused-ring (bicyclic) bond motifs is 3. The fourth-order valence-electron chi connectivity index (χ4n) is 3.06. The second kappa shape index (κ2) is 4.36. The monoisotopic (exact) mass is 281 g/mol. The van der Waals surface area contributed by atoms with E-state index in [1.807, 2.05) is 12.1 Å². The number of aromatic nitrogens is 1. The average molecular weight is 281 g/mol. The Bertz CT molecular complexity index is 671. The molecule has 0 bridgehead atoms. The summed E-state index contributed by atoms with van der Waals surface area (Å²) >= 11 is 0. The summed E-state index contributed by atoms with van der Waals surface area (Å²) < 4.78 is 39.6. The largest absolute Gasteiger partial charge is 0.389 e. The van der Waals surface area contributed by atoms with E-state index >= 15 is 0 Å². The molecule has 20 heavy (non-hydrogen) atoms. The van der Waals surface area contributed by atoms with Gasteiger partial charge in [-0.15, -0.1) is 0 Å². The molecule has 5 heteroatoms. The Labute approximate surface area is 114 Å². The fraction of sp³-hybridized carbons (Fsp3) is 0.400. The van der Waals surface area contributed by atoms with Crippen molar-refractivity contribution in [3.05, 3.63) is 36.0 Å². The predicted molar refractivity (Wildman–Crippen MR) is 69.8 cm³/mol. The maximum atomic E-state index is 12.7. The van der Waals surface area contributed by atoms with Gasteiger partial charge in [-0.25, -0.2) is 0 Å². The van der Waals surface area contributed by atoms with E-state index in [9.17, 15) is 18.0 Å². The minimum Gasteiger partial charge on any atom is -0.284 e. The lowest BCUT2D eigenvalue weighted by Crippen LogP contribution is -2.31. The van der Waals surface area contributed by atoms with E-state index in [0.717, 1.165) is 5.39 Å². The molecule has 0 saturated heterocycles. The van der Waals surface area contributed by atoms with Gasteiger partial charge in [0.2, 0.25) is 5.91 Å². The van der Waals surface area contributed by atoms with Crippen LogP contribution < -0.4 is 0 Å². The highest BCUT2D eigenvalue weighted by molar-refractivity contribution is 5.95. The van der Waals surface area contributed by atoms with Gasteiger partial charge in [-0.05, 0) is 18.6 Å². The molecule has 0 radical (unpaired) electrons. The van der Waals surface area contributed by atoms with Gasteiger partial charge in [0.05, 0.1) is 11.9 Å². The average Bonchev–Trinajstić information content (AvgIpc) is 2.73. The second-order valence-corrected chi connectivity index (χ2v) is 5.45. The van der Waals surface area contributed by atoms with Crippen LogP contribution in [0.5, 0.6) is 0 Å². The predicted octanol–water partition coefficient (Wildman–Crippen LogP) is 4.36. The summed E-state index contributed by atoms with van der Waals surface area (Å²) in [7, 11) is 0. The van der Waals surface area contributed by atoms with Crippen molar-refractivity contribution in [3.63, 3.8) is 0 Å². The first kappa shape index (κ1) is 13.2. The number of hydrogen-bond donors (Lipinski definition) is 0. The van der Waals surface area contributed by atoms with Gasteiger partial charge in [-0.2, -0.15) is 13.2 Å². The van der Waals surface area contributed by atoms with Gasteiger partial charge in [0.25, 0.3) is 0 Å². The Morgan fingerprint density at radius 3 is 2.70 bits per heavy atom. The Kier molecular flexibility index (Phi) is 2.88. The Morgan fingerprint density at radius 2 is 2.00 bits per heavy atom. The molecular formula is C15H14F3NO. The van der Waals surface area contributed by atoms with Crippen LogP contribution in [0, 0.1) is 5.92 Å². The fourth-order valence-corrected chi connectivity index (χ4v) is 3.06. The molecule has 0 N–H and O–H groups in total. The SMILES string of the molecule is CC1CC(CC(F)(F)F)c2cc3ccccc3n2C1=O. The van der Waals surface area contributed by atoms with E-state index in [2.05, 4.69) is 0 Å². The molecule has 3 rings (SSSR count). The number of para-hydroxylation sites is 1. The van der Waals surface area contributed by atoms with Gasteiger partial charge < -0.3 is 0 Å². The molecule has 2 aromatic rings. The van der Waals surface area contributed by atoms with Crippen molar-refractivity contribution in [1.82, 2.24) is 4.57 Å². The van der Waals surface area contributed by atoms with Gasteiger partial charge >= 0.3 is 6.18 Å². The number of hydrogen-bond acceptors (Lipinski definition) is 1. The summed E-state index contributed by atoms with van der Waals surface area (Å²) in [5.41, 5.74) is 1.19. The third-order valence-corrected chi connectivity index (χ3v) is 3.92. The molecule has 1 aliphatic heterocycles. The highest BCUT2D eigenvalue weighted by atomic mass is 19.4. The smallest absolute Gasteiger partial charge is 0.284 e. The van der Waals surface area contributed by atoms with Crippen LogP contribution >= 0.6 is 0 Å². The molecule has 2 atom stereocenters. The van der Waals surface area contributed by atoms with Crippen molar-refractivity contribution in [2.75, 3.05) is 0 Å². The van der Waals surface area contributed by atoms with Crippen LogP contribution in [0.2, 0.25) is 0 Å². The quantitative estimate of drug-likeness (QED) is 0.761. The van der Waals surface area contributed by atoms with Crippen molar-refractivity contribution >= 4 is 16.8 Å². The Balaban J connectivity index is 2.16. The third-order valence-electron chi connectivity index (χ3n) is 3.92. The van der Waals surface area contributed by atoms with Crippen LogP contribution in [0.3, 0.4) is 0 Å². The van der Waals surface area contributed by atoms with Crippen molar-refractivity contribution in [2.24, 2.45) is 5.92 Å². The lowest BCUT2D eigenvalue weighted by Gasteiger charge is -2.29. The summed E-state index contributed by atoms with van der Waals surface area (Å²) in [5.74, 6) is -1.14. The number of carbonyl (C=O) groups excluding carboxylic acids is 1. The first-order valence-electron chi connectivity index (χ1n) is 6.58.